The van der Waals surface area contributed by atoms with Crippen molar-refractivity contribution in [1.29, 1.82) is 5.26 Å². The van der Waals surface area contributed by atoms with Crippen molar-refractivity contribution in [3.63, 3.8) is 0 Å². The Balaban J connectivity index is 1.87. The third-order valence-corrected chi connectivity index (χ3v) is 4.31. The average Bonchev–Trinajstić information content (AvgIpc) is 2.78. The van der Waals surface area contributed by atoms with Crippen LogP contribution in [0.5, 0.6) is 0 Å². The number of likely N-dealkylation sites (tertiary alicyclic amines) is 1. The molecule has 4 heteroatoms. The summed E-state index contributed by atoms with van der Waals surface area (Å²) in [6.45, 7) is 7.42. The Hall–Kier alpha value is -1.31. The van der Waals surface area contributed by atoms with Crippen LogP contribution in [-0.4, -0.2) is 34.7 Å². The Morgan fingerprint density at radius 3 is 2.74 bits per heavy atom. The van der Waals surface area contributed by atoms with E-state index < -0.39 is 0 Å². The fraction of sp³-hybridized carbons (Fsp3) is 0.667. The van der Waals surface area contributed by atoms with E-state index in [0.717, 1.165) is 49.4 Å². The fourth-order valence-electron chi connectivity index (χ4n) is 2.90. The predicted molar refractivity (Wildman–Crippen MR) is 74.5 cm³/mol. The van der Waals surface area contributed by atoms with E-state index in [9.17, 15) is 5.11 Å². The van der Waals surface area contributed by atoms with E-state index in [4.69, 9.17) is 5.26 Å². The van der Waals surface area contributed by atoms with Crippen molar-refractivity contribution in [1.82, 2.24) is 9.88 Å². The lowest BCUT2D eigenvalue weighted by Crippen LogP contribution is -2.35. The van der Waals surface area contributed by atoms with Crippen LogP contribution in [0.25, 0.3) is 0 Å². The SMILES string of the molecule is Cc1[nH]c(CN2CCC([C@@H](C)CO)CC2)cc1C#N. The quantitative estimate of drug-likeness (QED) is 0.871. The van der Waals surface area contributed by atoms with Crippen LogP contribution in [0, 0.1) is 30.1 Å². The summed E-state index contributed by atoms with van der Waals surface area (Å²) in [5.41, 5.74) is 2.84. The summed E-state index contributed by atoms with van der Waals surface area (Å²) in [6.07, 6.45) is 2.32. The second-order valence-corrected chi connectivity index (χ2v) is 5.72. The third-order valence-electron chi connectivity index (χ3n) is 4.31. The highest BCUT2D eigenvalue weighted by Crippen LogP contribution is 2.25. The minimum absolute atomic E-state index is 0.298. The van der Waals surface area contributed by atoms with Crippen LogP contribution in [0.15, 0.2) is 6.07 Å². The minimum Gasteiger partial charge on any atom is -0.396 e. The lowest BCUT2D eigenvalue weighted by molar-refractivity contribution is 0.111. The van der Waals surface area contributed by atoms with Crippen LogP contribution < -0.4 is 0 Å². The molecule has 1 atom stereocenters. The molecule has 2 heterocycles. The van der Waals surface area contributed by atoms with Gasteiger partial charge in [-0.15, -0.1) is 0 Å². The maximum absolute atomic E-state index is 9.20. The van der Waals surface area contributed by atoms with Crippen LogP contribution in [0.3, 0.4) is 0 Å². The molecule has 0 spiro atoms. The van der Waals surface area contributed by atoms with Crippen LogP contribution >= 0.6 is 0 Å². The summed E-state index contributed by atoms with van der Waals surface area (Å²) in [5, 5.41) is 18.2. The van der Waals surface area contributed by atoms with Crippen molar-refractivity contribution in [3.05, 3.63) is 23.0 Å². The summed E-state index contributed by atoms with van der Waals surface area (Å²) in [5.74, 6) is 1.07. The lowest BCUT2D eigenvalue weighted by Gasteiger charge is -2.34. The molecule has 1 saturated heterocycles. The molecular formula is C15H23N3O. The molecule has 104 valence electrons. The van der Waals surface area contributed by atoms with Gasteiger partial charge in [0.05, 0.1) is 5.56 Å². The molecule has 0 radical (unpaired) electrons. The van der Waals surface area contributed by atoms with Crippen LogP contribution in [0.1, 0.15) is 36.7 Å². The van der Waals surface area contributed by atoms with Gasteiger partial charge in [-0.1, -0.05) is 6.92 Å². The Bertz CT molecular complexity index is 452. The van der Waals surface area contributed by atoms with Gasteiger partial charge in [-0.05, 0) is 50.8 Å². The first-order valence-corrected chi connectivity index (χ1v) is 7.05. The van der Waals surface area contributed by atoms with Crippen molar-refractivity contribution in [2.75, 3.05) is 19.7 Å². The molecule has 4 nitrogen and oxygen atoms in total. The highest BCUT2D eigenvalue weighted by atomic mass is 16.3. The Labute approximate surface area is 115 Å². The molecule has 1 aromatic rings. The van der Waals surface area contributed by atoms with Gasteiger partial charge in [-0.3, -0.25) is 4.90 Å². The summed E-state index contributed by atoms with van der Waals surface area (Å²) in [7, 11) is 0. The maximum atomic E-state index is 9.20. The number of aromatic nitrogens is 1. The molecule has 1 fully saturated rings. The number of hydrogen-bond donors (Lipinski definition) is 2. The standard InChI is InChI=1S/C15H23N3O/c1-11(10-19)13-3-5-18(6-4-13)9-15-7-14(8-16)12(2)17-15/h7,11,13,17,19H,3-6,9-10H2,1-2H3/t11-/m0/s1. The maximum Gasteiger partial charge on any atom is 0.101 e. The van der Waals surface area contributed by atoms with Crippen LogP contribution in [0.2, 0.25) is 0 Å². The zero-order valence-corrected chi connectivity index (χ0v) is 11.8. The number of rotatable bonds is 4. The summed E-state index contributed by atoms with van der Waals surface area (Å²) in [4.78, 5) is 5.71. The van der Waals surface area contributed by atoms with Crippen LogP contribution in [-0.2, 0) is 6.54 Å². The second-order valence-electron chi connectivity index (χ2n) is 5.72. The molecular weight excluding hydrogens is 238 g/mol. The van der Waals surface area contributed by atoms with E-state index in [1.165, 1.54) is 0 Å². The number of nitrogens with zero attached hydrogens (tertiary/aromatic N) is 2. The number of hydrogen-bond acceptors (Lipinski definition) is 3. The van der Waals surface area contributed by atoms with Crippen molar-refractivity contribution < 1.29 is 5.11 Å². The number of nitrogens with one attached hydrogen (secondary N) is 1. The highest BCUT2D eigenvalue weighted by Gasteiger charge is 2.23. The molecule has 0 saturated carbocycles. The van der Waals surface area contributed by atoms with Gasteiger partial charge >= 0.3 is 0 Å². The van der Waals surface area contributed by atoms with Gasteiger partial charge in [0, 0.05) is 24.5 Å². The van der Waals surface area contributed by atoms with Crippen molar-refractivity contribution >= 4 is 0 Å². The van der Waals surface area contributed by atoms with E-state index >= 15 is 0 Å². The van der Waals surface area contributed by atoms with Gasteiger partial charge in [0.15, 0.2) is 0 Å². The number of H-pyrrole nitrogens is 1. The largest absolute Gasteiger partial charge is 0.396 e. The average molecular weight is 261 g/mol. The first-order chi connectivity index (χ1) is 9.13. The smallest absolute Gasteiger partial charge is 0.101 e. The first kappa shape index (κ1) is 14.1. The monoisotopic (exact) mass is 261 g/mol. The molecule has 1 aromatic heterocycles. The van der Waals surface area contributed by atoms with Gasteiger partial charge in [0.25, 0.3) is 0 Å². The Morgan fingerprint density at radius 2 is 2.21 bits per heavy atom. The van der Waals surface area contributed by atoms with Crippen molar-refractivity contribution in [2.45, 2.75) is 33.2 Å². The summed E-state index contributed by atoms with van der Waals surface area (Å²) >= 11 is 0. The summed E-state index contributed by atoms with van der Waals surface area (Å²) in [6, 6.07) is 4.16. The van der Waals surface area contributed by atoms with Gasteiger partial charge in [0.1, 0.15) is 6.07 Å². The molecule has 19 heavy (non-hydrogen) atoms. The van der Waals surface area contributed by atoms with E-state index in [1.54, 1.807) is 0 Å². The van der Waals surface area contributed by atoms with E-state index in [0.29, 0.717) is 18.4 Å². The highest BCUT2D eigenvalue weighted by molar-refractivity contribution is 5.35. The van der Waals surface area contributed by atoms with Crippen molar-refractivity contribution in [3.8, 4) is 6.07 Å². The molecule has 0 aliphatic carbocycles. The molecule has 0 bridgehead atoms. The van der Waals surface area contributed by atoms with Gasteiger partial charge in [-0.2, -0.15) is 5.26 Å². The van der Waals surface area contributed by atoms with Gasteiger partial charge < -0.3 is 10.1 Å². The zero-order chi connectivity index (χ0) is 13.8. The Kier molecular flexibility index (Phi) is 4.62. The number of nitriles is 1. The van der Waals surface area contributed by atoms with Gasteiger partial charge in [-0.25, -0.2) is 0 Å². The zero-order valence-electron chi connectivity index (χ0n) is 11.8. The number of aliphatic hydroxyl groups excluding tert-OH is 1. The van der Waals surface area contributed by atoms with E-state index in [1.807, 2.05) is 13.0 Å². The number of piperidine rings is 1. The fourth-order valence-corrected chi connectivity index (χ4v) is 2.90. The Morgan fingerprint density at radius 1 is 1.53 bits per heavy atom. The normalized spacial score (nSPS) is 19.3. The topological polar surface area (TPSA) is 63.1 Å². The molecule has 0 unspecified atom stereocenters. The first-order valence-electron chi connectivity index (χ1n) is 7.05. The minimum atomic E-state index is 0.298. The summed E-state index contributed by atoms with van der Waals surface area (Å²) < 4.78 is 0. The van der Waals surface area contributed by atoms with Gasteiger partial charge in [0.2, 0.25) is 0 Å². The molecule has 2 N–H and O–H groups in total. The van der Waals surface area contributed by atoms with E-state index in [2.05, 4.69) is 22.9 Å². The number of aromatic amines is 1. The number of aryl methyl sites for hydroxylation is 1. The lowest BCUT2D eigenvalue weighted by atomic mass is 9.86. The van der Waals surface area contributed by atoms with E-state index in [-0.39, 0.29) is 0 Å². The third kappa shape index (κ3) is 3.37. The van der Waals surface area contributed by atoms with Crippen molar-refractivity contribution in [2.24, 2.45) is 11.8 Å². The second kappa shape index (κ2) is 6.23. The molecule has 2 rings (SSSR count). The molecule has 0 amide bonds. The van der Waals surface area contributed by atoms with Crippen LogP contribution in [0.4, 0.5) is 0 Å². The predicted octanol–water partition coefficient (Wildman–Crippen LogP) is 2.04. The molecule has 0 aromatic carbocycles. The number of aliphatic hydroxyl groups is 1. The molecule has 1 aliphatic rings. The molecule has 1 aliphatic heterocycles.